The van der Waals surface area contributed by atoms with Gasteiger partial charge in [-0.15, -0.1) is 0 Å². The number of hydrogen-bond donors (Lipinski definition) is 0. The number of carbonyl (C=O) groups is 1. The molecule has 1 fully saturated rings. The fraction of sp³-hybridized carbons (Fsp3) is 0.583. The van der Waals surface area contributed by atoms with Gasteiger partial charge in [0.05, 0.1) is 18.7 Å². The van der Waals surface area contributed by atoms with Gasteiger partial charge in [0.15, 0.2) is 0 Å². The van der Waals surface area contributed by atoms with Crippen LogP contribution in [0.1, 0.15) is 12.6 Å². The number of nitrogens with zero attached hydrogens (tertiary/aromatic N) is 3. The number of methoxy groups -OCH3 is 1. The summed E-state index contributed by atoms with van der Waals surface area (Å²) in [5.74, 6) is 0.942. The lowest BCUT2D eigenvalue weighted by Crippen LogP contribution is -2.25. The zero-order valence-electron chi connectivity index (χ0n) is 10.4. The van der Waals surface area contributed by atoms with Crippen molar-refractivity contribution in [2.45, 2.75) is 13.8 Å². The monoisotopic (exact) mass is 235 g/mol. The maximum atomic E-state index is 11.6. The molecule has 0 N–H and O–H groups in total. The second-order valence-electron chi connectivity index (χ2n) is 4.48. The molecule has 5 heteroatoms. The molecule has 5 nitrogen and oxygen atoms in total. The van der Waals surface area contributed by atoms with Crippen molar-refractivity contribution >= 4 is 11.8 Å². The molecule has 1 saturated heterocycles. The lowest BCUT2D eigenvalue weighted by atomic mass is 9.99. The van der Waals surface area contributed by atoms with Gasteiger partial charge in [-0.3, -0.25) is 9.78 Å². The molecule has 2 atom stereocenters. The van der Waals surface area contributed by atoms with Crippen LogP contribution in [-0.2, 0) is 9.53 Å². The highest BCUT2D eigenvalue weighted by molar-refractivity contribution is 5.74. The Morgan fingerprint density at radius 3 is 2.76 bits per heavy atom. The molecule has 1 aliphatic heterocycles. The molecule has 0 spiro atoms. The normalized spacial score (nSPS) is 23.8. The van der Waals surface area contributed by atoms with E-state index in [2.05, 4.69) is 21.8 Å². The summed E-state index contributed by atoms with van der Waals surface area (Å²) in [4.78, 5) is 22.3. The van der Waals surface area contributed by atoms with Gasteiger partial charge in [0.25, 0.3) is 0 Å². The van der Waals surface area contributed by atoms with Gasteiger partial charge in [-0.05, 0) is 12.8 Å². The summed E-state index contributed by atoms with van der Waals surface area (Å²) in [6, 6.07) is 0. The largest absolute Gasteiger partial charge is 0.469 e. The molecule has 0 saturated carbocycles. The first kappa shape index (κ1) is 11.8. The zero-order valence-corrected chi connectivity index (χ0v) is 10.4. The molecule has 17 heavy (non-hydrogen) atoms. The van der Waals surface area contributed by atoms with Crippen molar-refractivity contribution in [2.24, 2.45) is 11.8 Å². The minimum absolute atomic E-state index is 0.0681. The second-order valence-corrected chi connectivity index (χ2v) is 4.48. The smallest absolute Gasteiger partial charge is 0.310 e. The quantitative estimate of drug-likeness (QED) is 0.717. The minimum atomic E-state index is -0.137. The SMILES string of the molecule is COC(=O)C1CN(c2nccnc2C)CC1C. The van der Waals surface area contributed by atoms with E-state index in [9.17, 15) is 4.79 Å². The summed E-state index contributed by atoms with van der Waals surface area (Å²) < 4.78 is 4.82. The van der Waals surface area contributed by atoms with Gasteiger partial charge in [-0.2, -0.15) is 0 Å². The summed E-state index contributed by atoms with van der Waals surface area (Å²) >= 11 is 0. The van der Waals surface area contributed by atoms with Crippen LogP contribution < -0.4 is 4.90 Å². The number of ether oxygens (including phenoxy) is 1. The van der Waals surface area contributed by atoms with Crippen molar-refractivity contribution in [1.29, 1.82) is 0 Å². The fourth-order valence-electron chi connectivity index (χ4n) is 2.31. The Labute approximate surface area is 101 Å². The summed E-state index contributed by atoms with van der Waals surface area (Å²) in [7, 11) is 1.44. The Morgan fingerprint density at radius 2 is 2.12 bits per heavy atom. The first-order chi connectivity index (χ1) is 8.13. The highest BCUT2D eigenvalue weighted by Crippen LogP contribution is 2.28. The van der Waals surface area contributed by atoms with Gasteiger partial charge < -0.3 is 9.64 Å². The van der Waals surface area contributed by atoms with Gasteiger partial charge in [0.2, 0.25) is 0 Å². The van der Waals surface area contributed by atoms with Crippen molar-refractivity contribution in [1.82, 2.24) is 9.97 Å². The second kappa shape index (κ2) is 4.69. The van der Waals surface area contributed by atoms with E-state index >= 15 is 0 Å². The molecule has 0 aliphatic carbocycles. The standard InChI is InChI=1S/C12H17N3O2/c1-8-6-15(7-10(8)12(16)17-3)11-9(2)13-4-5-14-11/h4-5,8,10H,6-7H2,1-3H3. The van der Waals surface area contributed by atoms with Gasteiger partial charge in [0.1, 0.15) is 5.82 Å². The predicted octanol–water partition coefficient (Wildman–Crippen LogP) is 1.03. The van der Waals surface area contributed by atoms with Crippen molar-refractivity contribution in [3.8, 4) is 0 Å². The molecule has 0 aromatic carbocycles. The van der Waals surface area contributed by atoms with Crippen LogP contribution in [0.3, 0.4) is 0 Å². The van der Waals surface area contributed by atoms with Crippen LogP contribution >= 0.6 is 0 Å². The van der Waals surface area contributed by atoms with Crippen molar-refractivity contribution in [2.75, 3.05) is 25.1 Å². The maximum Gasteiger partial charge on any atom is 0.310 e. The van der Waals surface area contributed by atoms with E-state index in [4.69, 9.17) is 4.74 Å². The number of aromatic nitrogens is 2. The number of esters is 1. The Balaban J connectivity index is 2.17. The van der Waals surface area contributed by atoms with E-state index in [1.807, 2.05) is 6.92 Å². The third-order valence-corrected chi connectivity index (χ3v) is 3.27. The minimum Gasteiger partial charge on any atom is -0.469 e. The average Bonchev–Trinajstić information content (AvgIpc) is 2.71. The number of anilines is 1. The summed E-state index contributed by atoms with van der Waals surface area (Å²) in [5, 5.41) is 0. The predicted molar refractivity (Wildman–Crippen MR) is 63.7 cm³/mol. The molecule has 2 rings (SSSR count). The van der Waals surface area contributed by atoms with Gasteiger partial charge in [0, 0.05) is 25.5 Å². The van der Waals surface area contributed by atoms with Crippen LogP contribution in [-0.4, -0.2) is 36.1 Å². The van der Waals surface area contributed by atoms with E-state index in [0.29, 0.717) is 6.54 Å². The van der Waals surface area contributed by atoms with E-state index < -0.39 is 0 Å². The summed E-state index contributed by atoms with van der Waals surface area (Å²) in [5.41, 5.74) is 0.894. The maximum absolute atomic E-state index is 11.6. The molecule has 0 bridgehead atoms. The topological polar surface area (TPSA) is 55.3 Å². The molecule has 0 radical (unpaired) electrons. The van der Waals surface area contributed by atoms with Gasteiger partial charge in [-0.1, -0.05) is 6.92 Å². The van der Waals surface area contributed by atoms with Crippen LogP contribution in [0.4, 0.5) is 5.82 Å². The van der Waals surface area contributed by atoms with Crippen LogP contribution in [0.2, 0.25) is 0 Å². The molecule has 1 aliphatic rings. The van der Waals surface area contributed by atoms with Crippen molar-refractivity contribution in [3.63, 3.8) is 0 Å². The molecule has 1 aromatic rings. The number of carbonyl (C=O) groups excluding carboxylic acids is 1. The van der Waals surface area contributed by atoms with Crippen molar-refractivity contribution < 1.29 is 9.53 Å². The average molecular weight is 235 g/mol. The van der Waals surface area contributed by atoms with Gasteiger partial charge >= 0.3 is 5.97 Å². The molecule has 2 unspecified atom stereocenters. The first-order valence-corrected chi connectivity index (χ1v) is 5.74. The Bertz CT molecular complexity index is 422. The Morgan fingerprint density at radius 1 is 1.41 bits per heavy atom. The molecular formula is C12H17N3O2. The van der Waals surface area contributed by atoms with Crippen LogP contribution in [0, 0.1) is 18.8 Å². The van der Waals surface area contributed by atoms with Crippen molar-refractivity contribution in [3.05, 3.63) is 18.1 Å². The van der Waals surface area contributed by atoms with E-state index in [0.717, 1.165) is 18.1 Å². The highest BCUT2D eigenvalue weighted by Gasteiger charge is 2.36. The molecule has 0 amide bonds. The highest BCUT2D eigenvalue weighted by atomic mass is 16.5. The summed E-state index contributed by atoms with van der Waals surface area (Å²) in [6.07, 6.45) is 3.36. The Kier molecular flexibility index (Phi) is 3.26. The Hall–Kier alpha value is -1.65. The molecule has 1 aromatic heterocycles. The lowest BCUT2D eigenvalue weighted by molar-refractivity contribution is -0.145. The van der Waals surface area contributed by atoms with Gasteiger partial charge in [-0.25, -0.2) is 4.98 Å². The third kappa shape index (κ3) is 2.23. The van der Waals surface area contributed by atoms with E-state index in [-0.39, 0.29) is 17.8 Å². The summed E-state index contributed by atoms with van der Waals surface area (Å²) in [6.45, 7) is 5.47. The van der Waals surface area contributed by atoms with Crippen LogP contribution in [0.25, 0.3) is 0 Å². The van der Waals surface area contributed by atoms with Crippen LogP contribution in [0.5, 0.6) is 0 Å². The lowest BCUT2D eigenvalue weighted by Gasteiger charge is -2.18. The first-order valence-electron chi connectivity index (χ1n) is 5.74. The molecule has 2 heterocycles. The number of aryl methyl sites for hydroxylation is 1. The number of hydrogen-bond acceptors (Lipinski definition) is 5. The van der Waals surface area contributed by atoms with E-state index in [1.165, 1.54) is 7.11 Å². The van der Waals surface area contributed by atoms with E-state index in [1.54, 1.807) is 12.4 Å². The zero-order chi connectivity index (χ0) is 12.4. The van der Waals surface area contributed by atoms with Crippen LogP contribution in [0.15, 0.2) is 12.4 Å². The number of rotatable bonds is 2. The molecular weight excluding hydrogens is 218 g/mol. The third-order valence-electron chi connectivity index (χ3n) is 3.27. The molecule has 92 valence electrons. The fourth-order valence-corrected chi connectivity index (χ4v) is 2.31.